The van der Waals surface area contributed by atoms with E-state index in [0.29, 0.717) is 18.7 Å². The van der Waals surface area contributed by atoms with Gasteiger partial charge in [0, 0.05) is 26.1 Å². The van der Waals surface area contributed by atoms with Gasteiger partial charge in [-0.3, -0.25) is 13.9 Å². The topological polar surface area (TPSA) is 86.8 Å². The number of hydrogen-bond donors (Lipinski definition) is 1. The zero-order chi connectivity index (χ0) is 25.7. The minimum absolute atomic E-state index is 0.133. The second-order valence-corrected chi connectivity index (χ2v) is 11.0. The largest absolute Gasteiger partial charge is 0.350 e. The molecule has 0 saturated carbocycles. The number of hydrogen-bond acceptors (Lipinski definition) is 4. The molecule has 1 aliphatic rings. The Hall–Kier alpha value is -3.65. The average Bonchev–Trinajstić information content (AvgIpc) is 3.27. The number of nitrogens with zero attached hydrogens (tertiary/aromatic N) is 2. The van der Waals surface area contributed by atoms with Crippen LogP contribution in [-0.2, 0) is 32.7 Å². The molecule has 3 aromatic rings. The third-order valence-electron chi connectivity index (χ3n) is 6.28. The highest BCUT2D eigenvalue weighted by Gasteiger charge is 2.27. The highest BCUT2D eigenvalue weighted by Crippen LogP contribution is 2.24. The van der Waals surface area contributed by atoms with Crippen molar-refractivity contribution in [3.8, 4) is 0 Å². The predicted octanol–water partition coefficient (Wildman–Crippen LogP) is 3.94. The first kappa shape index (κ1) is 25.4. The Labute approximate surface area is 212 Å². The van der Waals surface area contributed by atoms with Crippen LogP contribution in [0.15, 0.2) is 77.7 Å². The standard InChI is InChI=1S/C28H31N3O4S/c1-21-5-13-25(14-6-21)31(36(34,35)26-15-7-22(2)8-16-26)20-27(32)29-18-23-9-11-24(12-10-23)19-30-17-3-4-28(30)33/h5-16H,3-4,17-20H2,1-2H3,(H,29,32). The quantitative estimate of drug-likeness (QED) is 0.477. The third kappa shape index (κ3) is 6.12. The molecule has 8 heteroatoms. The summed E-state index contributed by atoms with van der Waals surface area (Å²) in [4.78, 5) is 26.7. The first-order valence-corrected chi connectivity index (χ1v) is 13.4. The van der Waals surface area contributed by atoms with Gasteiger partial charge in [-0.05, 0) is 55.7 Å². The van der Waals surface area contributed by atoms with Gasteiger partial charge in [-0.25, -0.2) is 8.42 Å². The molecular formula is C28H31N3O4S. The molecule has 4 rings (SSSR count). The average molecular weight is 506 g/mol. The number of aryl methyl sites for hydroxylation is 2. The van der Waals surface area contributed by atoms with Crippen molar-refractivity contribution in [1.82, 2.24) is 10.2 Å². The second-order valence-electron chi connectivity index (χ2n) is 9.17. The van der Waals surface area contributed by atoms with Gasteiger partial charge in [0.2, 0.25) is 11.8 Å². The summed E-state index contributed by atoms with van der Waals surface area (Å²) in [5, 5.41) is 2.83. The van der Waals surface area contributed by atoms with Crippen LogP contribution in [-0.4, -0.2) is 38.2 Å². The number of benzene rings is 3. The lowest BCUT2D eigenvalue weighted by Crippen LogP contribution is -2.40. The van der Waals surface area contributed by atoms with Gasteiger partial charge in [0.15, 0.2) is 0 Å². The highest BCUT2D eigenvalue weighted by molar-refractivity contribution is 7.92. The number of likely N-dealkylation sites (tertiary alicyclic amines) is 1. The van der Waals surface area contributed by atoms with E-state index >= 15 is 0 Å². The van der Waals surface area contributed by atoms with E-state index in [1.165, 1.54) is 0 Å². The Morgan fingerprint density at radius 1 is 0.889 bits per heavy atom. The molecule has 1 aliphatic heterocycles. The Bertz CT molecular complexity index is 1320. The van der Waals surface area contributed by atoms with Crippen LogP contribution < -0.4 is 9.62 Å². The molecule has 3 aromatic carbocycles. The maximum Gasteiger partial charge on any atom is 0.264 e. The normalized spacial score (nSPS) is 13.6. The van der Waals surface area contributed by atoms with E-state index in [-0.39, 0.29) is 23.9 Å². The van der Waals surface area contributed by atoms with Gasteiger partial charge in [0.1, 0.15) is 6.54 Å². The summed E-state index contributed by atoms with van der Waals surface area (Å²) in [5.74, 6) is -0.219. The number of carbonyl (C=O) groups is 2. The molecule has 36 heavy (non-hydrogen) atoms. The summed E-state index contributed by atoms with van der Waals surface area (Å²) in [6.07, 6.45) is 1.52. The van der Waals surface area contributed by atoms with E-state index < -0.39 is 15.9 Å². The number of anilines is 1. The van der Waals surface area contributed by atoms with E-state index in [1.807, 2.05) is 55.1 Å². The van der Waals surface area contributed by atoms with Crippen molar-refractivity contribution in [3.05, 3.63) is 95.1 Å². The molecule has 0 aromatic heterocycles. The number of rotatable bonds is 9. The van der Waals surface area contributed by atoms with Crippen LogP contribution in [0.1, 0.15) is 35.1 Å². The summed E-state index contributed by atoms with van der Waals surface area (Å²) in [7, 11) is -3.94. The molecule has 0 aliphatic carbocycles. The number of carbonyl (C=O) groups excluding carboxylic acids is 2. The van der Waals surface area contributed by atoms with Crippen LogP contribution in [0.3, 0.4) is 0 Å². The van der Waals surface area contributed by atoms with E-state index in [2.05, 4.69) is 5.32 Å². The van der Waals surface area contributed by atoms with E-state index in [4.69, 9.17) is 0 Å². The van der Waals surface area contributed by atoms with E-state index in [1.54, 1.807) is 36.4 Å². The number of amides is 2. The molecule has 2 amide bonds. The minimum atomic E-state index is -3.94. The molecule has 0 unspecified atom stereocenters. The summed E-state index contributed by atoms with van der Waals surface area (Å²) in [5.41, 5.74) is 4.30. The minimum Gasteiger partial charge on any atom is -0.350 e. The van der Waals surface area contributed by atoms with Crippen LogP contribution >= 0.6 is 0 Å². The van der Waals surface area contributed by atoms with Gasteiger partial charge in [-0.1, -0.05) is 59.7 Å². The molecule has 1 N–H and O–H groups in total. The third-order valence-corrected chi connectivity index (χ3v) is 8.06. The van der Waals surface area contributed by atoms with Crippen molar-refractivity contribution in [2.45, 2.75) is 44.7 Å². The smallest absolute Gasteiger partial charge is 0.264 e. The summed E-state index contributed by atoms with van der Waals surface area (Å²) in [6, 6.07) is 21.4. The number of nitrogens with one attached hydrogen (secondary N) is 1. The Morgan fingerprint density at radius 3 is 2.06 bits per heavy atom. The fourth-order valence-corrected chi connectivity index (χ4v) is 5.53. The van der Waals surface area contributed by atoms with Crippen molar-refractivity contribution >= 4 is 27.5 Å². The lowest BCUT2D eigenvalue weighted by molar-refractivity contribution is -0.128. The SMILES string of the molecule is Cc1ccc(N(CC(=O)NCc2ccc(CN3CCCC3=O)cc2)S(=O)(=O)c2ccc(C)cc2)cc1. The second kappa shape index (κ2) is 11.0. The van der Waals surface area contributed by atoms with Gasteiger partial charge in [0.05, 0.1) is 10.6 Å². The Balaban J connectivity index is 1.44. The van der Waals surface area contributed by atoms with Crippen molar-refractivity contribution in [1.29, 1.82) is 0 Å². The first-order chi connectivity index (χ1) is 17.2. The molecule has 0 atom stereocenters. The van der Waals surface area contributed by atoms with Gasteiger partial charge in [-0.2, -0.15) is 0 Å². The van der Waals surface area contributed by atoms with Crippen LogP contribution in [0, 0.1) is 13.8 Å². The highest BCUT2D eigenvalue weighted by atomic mass is 32.2. The molecule has 0 radical (unpaired) electrons. The molecule has 1 fully saturated rings. The van der Waals surface area contributed by atoms with E-state index in [9.17, 15) is 18.0 Å². The van der Waals surface area contributed by atoms with Gasteiger partial charge < -0.3 is 10.2 Å². The summed E-state index contributed by atoms with van der Waals surface area (Å²) in [6.45, 7) is 5.12. The zero-order valence-corrected chi connectivity index (χ0v) is 21.4. The molecule has 1 heterocycles. The van der Waals surface area contributed by atoms with Crippen LogP contribution in [0.2, 0.25) is 0 Å². The lowest BCUT2D eigenvalue weighted by Gasteiger charge is -2.24. The zero-order valence-electron chi connectivity index (χ0n) is 20.6. The molecule has 188 valence electrons. The molecule has 0 bridgehead atoms. The molecule has 0 spiro atoms. The lowest BCUT2D eigenvalue weighted by atomic mass is 10.1. The first-order valence-electron chi connectivity index (χ1n) is 12.0. The van der Waals surface area contributed by atoms with Gasteiger partial charge in [-0.15, -0.1) is 0 Å². The van der Waals surface area contributed by atoms with Crippen LogP contribution in [0.4, 0.5) is 5.69 Å². The van der Waals surface area contributed by atoms with Crippen LogP contribution in [0.5, 0.6) is 0 Å². The Kier molecular flexibility index (Phi) is 7.74. The fraction of sp³-hybridized carbons (Fsp3) is 0.286. The van der Waals surface area contributed by atoms with Gasteiger partial charge >= 0.3 is 0 Å². The van der Waals surface area contributed by atoms with Gasteiger partial charge in [0.25, 0.3) is 10.0 Å². The van der Waals surface area contributed by atoms with Crippen molar-refractivity contribution < 1.29 is 18.0 Å². The summed E-state index contributed by atoms with van der Waals surface area (Å²) >= 11 is 0. The Morgan fingerprint density at radius 2 is 1.47 bits per heavy atom. The van der Waals surface area contributed by atoms with Crippen LogP contribution in [0.25, 0.3) is 0 Å². The van der Waals surface area contributed by atoms with E-state index in [0.717, 1.165) is 39.5 Å². The maximum absolute atomic E-state index is 13.5. The maximum atomic E-state index is 13.5. The van der Waals surface area contributed by atoms with Crippen molar-refractivity contribution in [2.24, 2.45) is 0 Å². The molecule has 1 saturated heterocycles. The summed E-state index contributed by atoms with van der Waals surface area (Å²) < 4.78 is 28.1. The fourth-order valence-electron chi connectivity index (χ4n) is 4.10. The molecular weight excluding hydrogens is 474 g/mol. The van der Waals surface area contributed by atoms with Crippen molar-refractivity contribution in [3.63, 3.8) is 0 Å². The predicted molar refractivity (Wildman–Crippen MR) is 140 cm³/mol. The molecule has 7 nitrogen and oxygen atoms in total. The number of sulfonamides is 1. The van der Waals surface area contributed by atoms with Crippen molar-refractivity contribution in [2.75, 3.05) is 17.4 Å². The monoisotopic (exact) mass is 505 g/mol.